The van der Waals surface area contributed by atoms with E-state index in [2.05, 4.69) is 5.32 Å². The van der Waals surface area contributed by atoms with Gasteiger partial charge in [-0.15, -0.1) is 0 Å². The first-order valence-corrected chi connectivity index (χ1v) is 9.39. The molecule has 1 saturated heterocycles. The van der Waals surface area contributed by atoms with E-state index in [9.17, 15) is 19.2 Å². The Kier molecular flexibility index (Phi) is 6.07. The van der Waals surface area contributed by atoms with Gasteiger partial charge in [0, 0.05) is 35.5 Å². The average Bonchev–Trinajstić information content (AvgIpc) is 2.74. The van der Waals surface area contributed by atoms with E-state index >= 15 is 0 Å². The number of carbonyl (C=O) groups is 4. The van der Waals surface area contributed by atoms with Crippen LogP contribution in [-0.4, -0.2) is 46.7 Å². The fourth-order valence-electron chi connectivity index (χ4n) is 3.27. The monoisotopic (exact) mass is 394 g/mol. The predicted molar refractivity (Wildman–Crippen MR) is 107 cm³/mol. The summed E-state index contributed by atoms with van der Waals surface area (Å²) in [6.45, 7) is 2.31. The first-order valence-electron chi connectivity index (χ1n) is 9.39. The Morgan fingerprint density at radius 3 is 1.90 bits per heavy atom. The van der Waals surface area contributed by atoms with Crippen LogP contribution in [0.2, 0.25) is 0 Å². The minimum absolute atomic E-state index is 0.0654. The van der Waals surface area contributed by atoms with E-state index < -0.39 is 5.97 Å². The van der Waals surface area contributed by atoms with Crippen LogP contribution in [0.25, 0.3) is 0 Å². The second kappa shape index (κ2) is 8.68. The molecule has 0 atom stereocenters. The molecule has 1 aliphatic rings. The van der Waals surface area contributed by atoms with Crippen LogP contribution in [-0.2, 0) is 4.79 Å². The van der Waals surface area contributed by atoms with E-state index in [0.29, 0.717) is 48.3 Å². The highest BCUT2D eigenvalue weighted by Gasteiger charge is 2.27. The molecule has 0 unspecified atom stereocenters. The van der Waals surface area contributed by atoms with E-state index in [0.717, 1.165) is 0 Å². The molecule has 0 aliphatic carbocycles. The van der Waals surface area contributed by atoms with Crippen molar-refractivity contribution in [3.8, 4) is 0 Å². The average molecular weight is 394 g/mol. The lowest BCUT2D eigenvalue weighted by atomic mass is 9.96. The van der Waals surface area contributed by atoms with E-state index in [-0.39, 0.29) is 23.5 Å². The number of Topliss-reactive ketones (excluding diaryl/α,β-unsaturated/α-hetero) is 1. The van der Waals surface area contributed by atoms with Gasteiger partial charge >= 0.3 is 5.97 Å². The molecule has 2 aromatic carbocycles. The number of amides is 2. The molecule has 3 rings (SSSR count). The zero-order chi connectivity index (χ0) is 21.0. The lowest BCUT2D eigenvalue weighted by Gasteiger charge is -2.30. The molecule has 1 aliphatic heterocycles. The molecule has 1 heterocycles. The third kappa shape index (κ3) is 4.87. The van der Waals surface area contributed by atoms with Crippen molar-refractivity contribution in [1.29, 1.82) is 0 Å². The summed E-state index contributed by atoms with van der Waals surface area (Å²) < 4.78 is 0. The van der Waals surface area contributed by atoms with Gasteiger partial charge in [0.05, 0.1) is 5.92 Å². The number of benzene rings is 2. The number of rotatable bonds is 5. The van der Waals surface area contributed by atoms with Gasteiger partial charge in [-0.1, -0.05) is 12.1 Å². The standard InChI is InChI=1S/C22H22N2O5/c1-14(25)15-2-4-16(5-3-15)20(26)23-19-8-6-17(7-9-19)21(27)24-12-10-18(11-13-24)22(28)29/h2-9,18H,10-13H2,1H3,(H,23,26)(H,28,29). The summed E-state index contributed by atoms with van der Waals surface area (Å²) in [5.41, 5.74) is 2.00. The zero-order valence-corrected chi connectivity index (χ0v) is 16.1. The molecule has 2 N–H and O–H groups in total. The Hall–Kier alpha value is -3.48. The van der Waals surface area contributed by atoms with Crippen molar-refractivity contribution in [3.63, 3.8) is 0 Å². The molecule has 29 heavy (non-hydrogen) atoms. The van der Waals surface area contributed by atoms with Crippen molar-refractivity contribution in [2.24, 2.45) is 5.92 Å². The summed E-state index contributed by atoms with van der Waals surface area (Å²) in [6.07, 6.45) is 0.912. The summed E-state index contributed by atoms with van der Waals surface area (Å²) in [4.78, 5) is 48.9. The summed E-state index contributed by atoms with van der Waals surface area (Å²) in [6, 6.07) is 13.0. The van der Waals surface area contributed by atoms with E-state index in [1.807, 2.05) is 0 Å². The van der Waals surface area contributed by atoms with Gasteiger partial charge in [-0.3, -0.25) is 19.2 Å². The maximum atomic E-state index is 12.6. The quantitative estimate of drug-likeness (QED) is 0.759. The number of anilines is 1. The number of hydrogen-bond acceptors (Lipinski definition) is 4. The molecule has 7 heteroatoms. The van der Waals surface area contributed by atoms with E-state index in [1.54, 1.807) is 53.4 Å². The molecule has 0 spiro atoms. The summed E-state index contributed by atoms with van der Waals surface area (Å²) in [5, 5.41) is 11.8. The Morgan fingerprint density at radius 2 is 1.38 bits per heavy atom. The van der Waals surface area contributed by atoms with Crippen LogP contribution in [0, 0.1) is 5.92 Å². The maximum absolute atomic E-state index is 12.6. The van der Waals surface area contributed by atoms with Gasteiger partial charge in [-0.05, 0) is 56.2 Å². The highest BCUT2D eigenvalue weighted by Crippen LogP contribution is 2.20. The fraction of sp³-hybridized carbons (Fsp3) is 0.273. The molecular formula is C22H22N2O5. The number of piperidine rings is 1. The predicted octanol–water partition coefficient (Wildman–Crippen LogP) is 3.08. The summed E-state index contributed by atoms with van der Waals surface area (Å²) >= 11 is 0. The van der Waals surface area contributed by atoms with Crippen LogP contribution in [0.3, 0.4) is 0 Å². The van der Waals surface area contributed by atoms with E-state index in [4.69, 9.17) is 5.11 Å². The smallest absolute Gasteiger partial charge is 0.306 e. The minimum atomic E-state index is -0.812. The number of nitrogens with one attached hydrogen (secondary N) is 1. The Labute approximate surface area is 168 Å². The molecule has 2 amide bonds. The second-order valence-electron chi connectivity index (χ2n) is 7.07. The number of aliphatic carboxylic acids is 1. The molecule has 0 aromatic heterocycles. The molecule has 2 aromatic rings. The summed E-state index contributed by atoms with van der Waals surface area (Å²) in [7, 11) is 0. The van der Waals surface area contributed by atoms with Crippen molar-refractivity contribution in [1.82, 2.24) is 4.90 Å². The molecule has 7 nitrogen and oxygen atoms in total. The first kappa shape index (κ1) is 20.3. The molecule has 1 fully saturated rings. The van der Waals surface area contributed by atoms with Crippen molar-refractivity contribution in [3.05, 3.63) is 65.2 Å². The fourth-order valence-corrected chi connectivity index (χ4v) is 3.27. The third-order valence-electron chi connectivity index (χ3n) is 5.07. The Morgan fingerprint density at radius 1 is 0.862 bits per heavy atom. The first-order chi connectivity index (χ1) is 13.8. The molecular weight excluding hydrogens is 372 g/mol. The third-order valence-corrected chi connectivity index (χ3v) is 5.07. The van der Waals surface area contributed by atoms with Gasteiger partial charge in [0.1, 0.15) is 0 Å². The number of carbonyl (C=O) groups excluding carboxylic acids is 3. The number of likely N-dealkylation sites (tertiary alicyclic amines) is 1. The maximum Gasteiger partial charge on any atom is 0.306 e. The number of hydrogen-bond donors (Lipinski definition) is 2. The molecule has 0 radical (unpaired) electrons. The number of carboxylic acids is 1. The lowest BCUT2D eigenvalue weighted by Crippen LogP contribution is -2.40. The number of carboxylic acid groups (broad SMARTS) is 1. The van der Waals surface area contributed by atoms with Crippen LogP contribution in [0.1, 0.15) is 50.8 Å². The van der Waals surface area contributed by atoms with Crippen molar-refractivity contribution >= 4 is 29.3 Å². The number of ketones is 1. The largest absolute Gasteiger partial charge is 0.481 e. The van der Waals surface area contributed by atoms with Crippen LogP contribution >= 0.6 is 0 Å². The normalized spacial score (nSPS) is 14.3. The van der Waals surface area contributed by atoms with Crippen LogP contribution in [0.15, 0.2) is 48.5 Å². The van der Waals surface area contributed by atoms with Crippen LogP contribution in [0.4, 0.5) is 5.69 Å². The summed E-state index contributed by atoms with van der Waals surface area (Å²) in [5.74, 6) is -1.72. The van der Waals surface area contributed by atoms with Gasteiger partial charge in [-0.2, -0.15) is 0 Å². The molecule has 0 bridgehead atoms. The van der Waals surface area contributed by atoms with E-state index in [1.165, 1.54) is 6.92 Å². The highest BCUT2D eigenvalue weighted by molar-refractivity contribution is 6.05. The Balaban J connectivity index is 1.59. The number of nitrogens with zero attached hydrogens (tertiary/aromatic N) is 1. The topological polar surface area (TPSA) is 104 Å². The van der Waals surface area contributed by atoms with Crippen LogP contribution < -0.4 is 5.32 Å². The SMILES string of the molecule is CC(=O)c1ccc(C(=O)Nc2ccc(C(=O)N3CCC(C(=O)O)CC3)cc2)cc1. The van der Waals surface area contributed by atoms with Crippen molar-refractivity contribution in [2.75, 3.05) is 18.4 Å². The van der Waals surface area contributed by atoms with Gasteiger partial charge in [-0.25, -0.2) is 0 Å². The second-order valence-corrected chi connectivity index (χ2v) is 7.07. The van der Waals surface area contributed by atoms with Crippen LogP contribution in [0.5, 0.6) is 0 Å². The molecule has 0 saturated carbocycles. The highest BCUT2D eigenvalue weighted by atomic mass is 16.4. The van der Waals surface area contributed by atoms with Crippen molar-refractivity contribution < 1.29 is 24.3 Å². The lowest BCUT2D eigenvalue weighted by molar-refractivity contribution is -0.143. The van der Waals surface area contributed by atoms with Gasteiger partial charge in [0.2, 0.25) is 0 Å². The zero-order valence-electron chi connectivity index (χ0n) is 16.1. The minimum Gasteiger partial charge on any atom is -0.481 e. The van der Waals surface area contributed by atoms with Gasteiger partial charge in [0.25, 0.3) is 11.8 Å². The van der Waals surface area contributed by atoms with Gasteiger partial charge < -0.3 is 15.3 Å². The Bertz CT molecular complexity index is 927. The molecule has 150 valence electrons. The van der Waals surface area contributed by atoms with Gasteiger partial charge in [0.15, 0.2) is 5.78 Å². The van der Waals surface area contributed by atoms with Crippen molar-refractivity contribution in [2.45, 2.75) is 19.8 Å².